The Labute approximate surface area is 194 Å². The summed E-state index contributed by atoms with van der Waals surface area (Å²) in [6.07, 6.45) is 1.69. The van der Waals surface area contributed by atoms with Crippen molar-refractivity contribution in [2.45, 2.75) is 93.3 Å². The number of thioether (sulfide) groups is 1. The van der Waals surface area contributed by atoms with Gasteiger partial charge in [-0.2, -0.15) is 0 Å². The Kier molecular flexibility index (Phi) is 11.8. The number of nitrogens with one attached hydrogen (secondary N) is 2. The first kappa shape index (κ1) is 27.1. The third-order valence-electron chi connectivity index (χ3n) is 6.23. The van der Waals surface area contributed by atoms with Crippen LogP contribution < -0.4 is 10.6 Å². The number of rotatable bonds is 10. The fourth-order valence-electron chi connectivity index (χ4n) is 4.33. The van der Waals surface area contributed by atoms with Crippen LogP contribution in [0, 0.1) is 5.92 Å². The van der Waals surface area contributed by atoms with E-state index in [0.717, 1.165) is 51.9 Å². The number of hydrogen-bond donors (Lipinski definition) is 5. The minimum absolute atomic E-state index is 0.190. The summed E-state index contributed by atoms with van der Waals surface area (Å²) in [5, 5.41) is 36.5. The van der Waals surface area contributed by atoms with Crippen LogP contribution in [0.5, 0.6) is 0 Å². The Morgan fingerprint density at radius 1 is 1.26 bits per heavy atom. The molecule has 2 aliphatic rings. The lowest BCUT2D eigenvalue weighted by Crippen LogP contribution is -2.65. The first-order chi connectivity index (χ1) is 14.8. The minimum atomic E-state index is -1.38. The van der Waals surface area contributed by atoms with Gasteiger partial charge in [0, 0.05) is 13.2 Å². The molecule has 1 unspecified atom stereocenters. The van der Waals surface area contributed by atoms with Crippen LogP contribution in [-0.4, -0.2) is 94.6 Å². The molecule has 2 fully saturated rings. The van der Waals surface area contributed by atoms with Crippen LogP contribution in [0.3, 0.4) is 0 Å². The van der Waals surface area contributed by atoms with Crippen LogP contribution in [0.15, 0.2) is 0 Å². The number of amides is 1. The Hall–Kier alpha value is -0.130. The Morgan fingerprint density at radius 2 is 2.00 bits per heavy atom. The molecule has 1 amide bonds. The summed E-state index contributed by atoms with van der Waals surface area (Å²) in [5.74, 6) is 0.376. The second-order valence-electron chi connectivity index (χ2n) is 8.47. The van der Waals surface area contributed by atoms with Gasteiger partial charge in [-0.05, 0) is 64.7 Å². The number of hydrogen-bond acceptors (Lipinski definition) is 8. The molecular weight excluding hydrogens is 444 g/mol. The molecule has 2 heterocycles. The average molecular weight is 483 g/mol. The topological polar surface area (TPSA) is 120 Å². The molecule has 0 bridgehead atoms. The first-order valence-electron chi connectivity index (χ1n) is 11.3. The summed E-state index contributed by atoms with van der Waals surface area (Å²) >= 11 is 7.58. The predicted molar refractivity (Wildman–Crippen MR) is 122 cm³/mol. The zero-order valence-electron chi connectivity index (χ0n) is 18.7. The smallest absolute Gasteiger partial charge is 0.237 e. The van der Waals surface area contributed by atoms with Gasteiger partial charge in [0.05, 0.1) is 17.5 Å². The molecule has 0 aromatic rings. The van der Waals surface area contributed by atoms with Crippen molar-refractivity contribution in [3.8, 4) is 0 Å². The summed E-state index contributed by atoms with van der Waals surface area (Å²) in [6.45, 7) is 5.99. The maximum absolute atomic E-state index is 13.0. The molecule has 0 aromatic carbocycles. The summed E-state index contributed by atoms with van der Waals surface area (Å²) in [5.41, 5.74) is -0.716. The molecule has 31 heavy (non-hydrogen) atoms. The van der Waals surface area contributed by atoms with Crippen LogP contribution in [0.2, 0.25) is 0 Å². The molecule has 182 valence electrons. The highest BCUT2D eigenvalue weighted by Crippen LogP contribution is 2.30. The van der Waals surface area contributed by atoms with E-state index in [1.165, 1.54) is 11.8 Å². The molecule has 2 aliphatic heterocycles. The van der Waals surface area contributed by atoms with Crippen LogP contribution >= 0.6 is 23.4 Å². The number of carbonyl (C=O) groups excluding carboxylic acids is 1. The van der Waals surface area contributed by atoms with E-state index in [1.807, 2.05) is 6.92 Å². The van der Waals surface area contributed by atoms with Gasteiger partial charge in [-0.15, -0.1) is 23.4 Å². The van der Waals surface area contributed by atoms with Gasteiger partial charge in [0.15, 0.2) is 0 Å². The quantitative estimate of drug-likeness (QED) is 0.229. The third-order valence-corrected chi connectivity index (χ3v) is 7.35. The molecule has 0 radical (unpaired) electrons. The lowest BCUT2D eigenvalue weighted by Gasteiger charge is -2.44. The summed E-state index contributed by atoms with van der Waals surface area (Å²) in [7, 11) is 0. The van der Waals surface area contributed by atoms with Crippen molar-refractivity contribution in [2.24, 2.45) is 5.92 Å². The number of ether oxygens (including phenoxy) is 2. The van der Waals surface area contributed by atoms with E-state index in [-0.39, 0.29) is 11.9 Å². The van der Waals surface area contributed by atoms with Crippen LogP contribution in [0.25, 0.3) is 0 Å². The van der Waals surface area contributed by atoms with E-state index in [1.54, 1.807) is 13.2 Å². The largest absolute Gasteiger partial charge is 0.388 e. The van der Waals surface area contributed by atoms with Gasteiger partial charge < -0.3 is 35.4 Å². The molecule has 8 nitrogen and oxygen atoms in total. The van der Waals surface area contributed by atoms with Crippen molar-refractivity contribution < 1.29 is 29.6 Å². The maximum atomic E-state index is 13.0. The second kappa shape index (κ2) is 13.5. The number of aliphatic hydroxyl groups is 3. The van der Waals surface area contributed by atoms with Crippen molar-refractivity contribution in [3.63, 3.8) is 0 Å². The second-order valence-corrected chi connectivity index (χ2v) is 10.1. The fourth-order valence-corrected chi connectivity index (χ4v) is 5.22. The predicted octanol–water partition coefficient (Wildman–Crippen LogP) is 0.844. The van der Waals surface area contributed by atoms with Gasteiger partial charge >= 0.3 is 0 Å². The highest BCUT2D eigenvalue weighted by atomic mass is 35.5. The SMILES string of the molecule is CCOCCC[C@@H]1CCN[C@H](C(=O)N[C@@H](C2O[C@H](SC)[C@H](O)[C@@H](O)[C@H]2O)[C@H](C)Cl)CC1. The lowest BCUT2D eigenvalue weighted by molar-refractivity contribution is -0.205. The van der Waals surface area contributed by atoms with E-state index in [4.69, 9.17) is 21.1 Å². The van der Waals surface area contributed by atoms with Gasteiger partial charge in [-0.25, -0.2) is 0 Å². The monoisotopic (exact) mass is 482 g/mol. The van der Waals surface area contributed by atoms with Crippen LogP contribution in [0.1, 0.15) is 46.0 Å². The number of halogens is 1. The molecule has 9 atom stereocenters. The summed E-state index contributed by atoms with van der Waals surface area (Å²) in [4.78, 5) is 13.0. The highest BCUT2D eigenvalue weighted by Gasteiger charge is 2.48. The molecule has 5 N–H and O–H groups in total. The molecule has 2 rings (SSSR count). The average Bonchev–Trinajstić information content (AvgIpc) is 2.99. The van der Waals surface area contributed by atoms with Gasteiger partial charge in [0.1, 0.15) is 29.9 Å². The summed E-state index contributed by atoms with van der Waals surface area (Å²) < 4.78 is 11.2. The van der Waals surface area contributed by atoms with E-state index in [9.17, 15) is 20.1 Å². The van der Waals surface area contributed by atoms with Crippen LogP contribution in [0.4, 0.5) is 0 Å². The zero-order chi connectivity index (χ0) is 23.0. The Balaban J connectivity index is 1.94. The maximum Gasteiger partial charge on any atom is 0.237 e. The molecule has 0 aromatic heterocycles. The van der Waals surface area contributed by atoms with Crippen molar-refractivity contribution in [1.82, 2.24) is 10.6 Å². The number of alkyl halides is 1. The van der Waals surface area contributed by atoms with Gasteiger partial charge in [-0.3, -0.25) is 4.79 Å². The number of carbonyl (C=O) groups is 1. The standard InChI is InChI=1S/C21H39ClN2O6S/c1-4-29-11-5-6-13-7-8-14(23-10-9-13)20(28)24-15(12(2)22)19-17(26)16(25)18(27)21(30-19)31-3/h12-19,21,23,25-27H,4-11H2,1-3H3,(H,24,28)/t12-,13-,14-,15+,16-,17+,18+,19?,21+/m0/s1. The van der Waals surface area contributed by atoms with Crippen molar-refractivity contribution in [1.29, 1.82) is 0 Å². The van der Waals surface area contributed by atoms with Crippen molar-refractivity contribution in [3.05, 3.63) is 0 Å². The molecular formula is C21H39ClN2O6S. The van der Waals surface area contributed by atoms with Gasteiger partial charge in [-0.1, -0.05) is 0 Å². The lowest BCUT2D eigenvalue weighted by atomic mass is 9.92. The van der Waals surface area contributed by atoms with Crippen molar-refractivity contribution in [2.75, 3.05) is 26.0 Å². The summed E-state index contributed by atoms with van der Waals surface area (Å²) in [6, 6.07) is -1.06. The molecule has 0 spiro atoms. The number of aliphatic hydroxyl groups excluding tert-OH is 3. The Morgan fingerprint density at radius 3 is 2.65 bits per heavy atom. The molecule has 2 saturated heterocycles. The van der Waals surface area contributed by atoms with Gasteiger partial charge in [0.25, 0.3) is 0 Å². The van der Waals surface area contributed by atoms with Crippen molar-refractivity contribution >= 4 is 29.3 Å². The first-order valence-corrected chi connectivity index (χ1v) is 13.0. The fraction of sp³-hybridized carbons (Fsp3) is 0.952. The molecule has 0 saturated carbocycles. The normalized spacial score (nSPS) is 36.4. The minimum Gasteiger partial charge on any atom is -0.388 e. The van der Waals surface area contributed by atoms with Crippen LogP contribution in [-0.2, 0) is 14.3 Å². The highest BCUT2D eigenvalue weighted by molar-refractivity contribution is 7.99. The molecule has 10 heteroatoms. The molecule has 0 aliphatic carbocycles. The van der Waals surface area contributed by atoms with E-state index < -0.39 is 41.3 Å². The van der Waals surface area contributed by atoms with E-state index in [2.05, 4.69) is 10.6 Å². The van der Waals surface area contributed by atoms with Gasteiger partial charge in [0.2, 0.25) is 5.91 Å². The Bertz CT molecular complexity index is 544. The third kappa shape index (κ3) is 7.71. The zero-order valence-corrected chi connectivity index (χ0v) is 20.3. The van der Waals surface area contributed by atoms with E-state index in [0.29, 0.717) is 5.92 Å². The van der Waals surface area contributed by atoms with E-state index >= 15 is 0 Å².